The van der Waals surface area contributed by atoms with E-state index in [1.165, 1.54) is 36.7 Å². The highest BCUT2D eigenvalue weighted by molar-refractivity contribution is 6.29. The first-order valence-electron chi connectivity index (χ1n) is 27.3. The summed E-state index contributed by atoms with van der Waals surface area (Å²) in [5, 5.41) is 32.5. The third kappa shape index (κ3) is 28.2. The van der Waals surface area contributed by atoms with Crippen molar-refractivity contribution < 1.29 is 53.9 Å². The van der Waals surface area contributed by atoms with E-state index in [9.17, 15) is 33.9 Å². The van der Waals surface area contributed by atoms with Crippen molar-refractivity contribution in [3.63, 3.8) is 0 Å². The molecule has 4 atom stereocenters. The second kappa shape index (κ2) is 39.7. The number of nitrogens with one attached hydrogen (secondary N) is 5. The minimum Gasteiger partial charge on any atom is -0.478 e. The fourth-order valence-electron chi connectivity index (χ4n) is 6.49. The molecule has 5 amide bonds. The molecule has 6 rings (SSSR count). The Morgan fingerprint density at radius 1 is 0.494 bits per heavy atom. The molecule has 458 valence electrons. The summed E-state index contributed by atoms with van der Waals surface area (Å²) in [4.78, 5) is 83.5. The highest BCUT2D eigenvalue weighted by Gasteiger charge is 2.26. The van der Waals surface area contributed by atoms with Crippen LogP contribution in [0.3, 0.4) is 0 Å². The summed E-state index contributed by atoms with van der Waals surface area (Å²) in [6, 6.07) is 34.7. The fourth-order valence-corrected chi connectivity index (χ4v) is 6.60. The molecule has 6 aromatic rings. The van der Waals surface area contributed by atoms with Gasteiger partial charge in [0.25, 0.3) is 29.5 Å². The zero-order valence-electron chi connectivity index (χ0n) is 49.8. The average molecular weight is 1220 g/mol. The maximum Gasteiger partial charge on any atom is 0.335 e. The number of aliphatic hydroxyl groups excluding tert-OH is 1. The number of nitrogen functional groups attached to an aromatic ring is 2. The van der Waals surface area contributed by atoms with Crippen LogP contribution >= 0.6 is 11.6 Å². The first-order chi connectivity index (χ1) is 42.5. The Labute approximate surface area is 523 Å². The summed E-state index contributed by atoms with van der Waals surface area (Å²) >= 11 is 5.73. The van der Waals surface area contributed by atoms with Crippen molar-refractivity contribution >= 4 is 58.5 Å². The number of rotatable bonds is 15. The lowest BCUT2D eigenvalue weighted by Gasteiger charge is -2.21. The molecule has 0 saturated heterocycles. The van der Waals surface area contributed by atoms with Crippen molar-refractivity contribution in [2.45, 2.75) is 72.7 Å². The predicted molar refractivity (Wildman–Crippen MR) is 340 cm³/mol. The highest BCUT2D eigenvalue weighted by Crippen LogP contribution is 2.10. The normalized spacial score (nSPS) is 10.9. The molecule has 14 N–H and O–H groups in total. The van der Waals surface area contributed by atoms with Crippen molar-refractivity contribution in [1.82, 2.24) is 32.1 Å². The summed E-state index contributed by atoms with van der Waals surface area (Å²) in [5.41, 5.74) is 29.4. The van der Waals surface area contributed by atoms with Gasteiger partial charge in [-0.1, -0.05) is 74.8 Å². The quantitative estimate of drug-likeness (QED) is 0.0184. The lowest BCUT2D eigenvalue weighted by molar-refractivity contribution is -0.136. The maximum atomic E-state index is 12.5. The van der Waals surface area contributed by atoms with E-state index in [-0.39, 0.29) is 34.8 Å². The smallest absolute Gasteiger partial charge is 0.335 e. The Bertz CT molecular complexity index is 3720. The van der Waals surface area contributed by atoms with Gasteiger partial charge in [0.15, 0.2) is 0 Å². The van der Waals surface area contributed by atoms with Gasteiger partial charge in [0.1, 0.15) is 17.2 Å². The van der Waals surface area contributed by atoms with Crippen LogP contribution in [0.4, 0.5) is 11.4 Å². The first-order valence-corrected chi connectivity index (χ1v) is 27.7. The molecule has 1 aromatic heterocycles. The van der Waals surface area contributed by atoms with Gasteiger partial charge in [-0.15, -0.1) is 0 Å². The van der Waals surface area contributed by atoms with Gasteiger partial charge >= 0.3 is 5.97 Å². The number of carboxylic acid groups (broad SMARTS) is 1. The Hall–Kier alpha value is -10.9. The number of anilines is 2. The minimum atomic E-state index is -1.28. The molecule has 3 unspecified atom stereocenters. The lowest BCUT2D eigenvalue weighted by atomic mass is 10.0. The topological polar surface area (TPSA) is 333 Å². The Balaban J connectivity index is 0.000000326. The van der Waals surface area contributed by atoms with Gasteiger partial charge < -0.3 is 38.0 Å². The SMILES string of the molecule is CCONC(=O)C(N)C(C)C.CCONC(=O)C(NC(=O)c1ccc(C#CC#Cc2ccc(Cl)nc2)cc1)C(C)C.C[C@@H](O)C(NC(=O)c1ccc(C#CC#Cc2ccc(N)cc2)cc1)C(=O)NO.Nc1ccc(C#CC#Cc2ccc(C(=O)O)cc2)cc1. The van der Waals surface area contributed by atoms with E-state index >= 15 is 0 Å². The number of hydroxylamine groups is 3. The number of carboxylic acids is 1. The molecule has 0 fully saturated rings. The summed E-state index contributed by atoms with van der Waals surface area (Å²) in [5.74, 6) is 30.3. The van der Waals surface area contributed by atoms with Crippen molar-refractivity contribution in [1.29, 1.82) is 0 Å². The number of nitrogens with zero attached hydrogens (tertiary/aromatic N) is 1. The second-order valence-corrected chi connectivity index (χ2v) is 19.5. The molecule has 0 aliphatic heterocycles. The van der Waals surface area contributed by atoms with Crippen LogP contribution in [0, 0.1) is 82.9 Å². The number of aromatic carboxylic acids is 1. The van der Waals surface area contributed by atoms with Crippen molar-refractivity contribution in [2.24, 2.45) is 17.6 Å². The van der Waals surface area contributed by atoms with Crippen LogP contribution in [-0.4, -0.2) is 93.4 Å². The molecule has 0 spiro atoms. The zero-order chi connectivity index (χ0) is 65.7. The number of hydrogen-bond donors (Lipinski definition) is 11. The molecular weight excluding hydrogens is 1150 g/mol. The van der Waals surface area contributed by atoms with Gasteiger partial charge in [0.05, 0.1) is 30.9 Å². The molecular formula is C68H68ClN9O11. The van der Waals surface area contributed by atoms with Crippen molar-refractivity contribution in [3.05, 3.63) is 195 Å². The Kier molecular flexibility index (Phi) is 32.3. The third-order valence-corrected chi connectivity index (χ3v) is 11.7. The molecule has 0 saturated carbocycles. The monoisotopic (exact) mass is 1220 g/mol. The number of amides is 5. The van der Waals surface area contributed by atoms with E-state index in [0.717, 1.165) is 16.7 Å². The summed E-state index contributed by atoms with van der Waals surface area (Å²) in [7, 11) is 0. The van der Waals surface area contributed by atoms with Crippen LogP contribution in [0.1, 0.15) is 113 Å². The number of halogens is 1. The van der Waals surface area contributed by atoms with Gasteiger partial charge in [-0.3, -0.25) is 38.9 Å². The van der Waals surface area contributed by atoms with Gasteiger partial charge in [-0.05, 0) is 202 Å². The number of aliphatic hydroxyl groups is 1. The van der Waals surface area contributed by atoms with E-state index in [4.69, 9.17) is 44.0 Å². The number of hydrogen-bond acceptors (Lipinski definition) is 14. The van der Waals surface area contributed by atoms with E-state index in [1.807, 2.05) is 39.8 Å². The summed E-state index contributed by atoms with van der Waals surface area (Å²) in [6.45, 7) is 13.1. The number of carbonyl (C=O) groups is 6. The van der Waals surface area contributed by atoms with Crippen LogP contribution in [0.2, 0.25) is 5.15 Å². The van der Waals surface area contributed by atoms with Gasteiger partial charge in [0.2, 0.25) is 0 Å². The first kappa shape index (κ1) is 72.4. The molecule has 21 heteroatoms. The molecule has 5 aromatic carbocycles. The lowest BCUT2D eigenvalue weighted by Crippen LogP contribution is -2.51. The molecule has 0 radical (unpaired) electrons. The van der Waals surface area contributed by atoms with Crippen LogP contribution in [0.15, 0.2) is 140 Å². The average Bonchev–Trinajstić information content (AvgIpc) is 3.68. The largest absolute Gasteiger partial charge is 0.478 e. The van der Waals surface area contributed by atoms with Gasteiger partial charge in [-0.25, -0.2) is 26.2 Å². The third-order valence-electron chi connectivity index (χ3n) is 11.5. The molecule has 1 heterocycles. The zero-order valence-corrected chi connectivity index (χ0v) is 50.6. The molecule has 0 bridgehead atoms. The van der Waals surface area contributed by atoms with Gasteiger partial charge in [-0.2, -0.15) is 0 Å². The number of nitrogens with two attached hydrogens (primary N) is 3. The van der Waals surface area contributed by atoms with Gasteiger partial charge in [0, 0.05) is 62.1 Å². The van der Waals surface area contributed by atoms with Crippen molar-refractivity contribution in [2.75, 3.05) is 24.7 Å². The summed E-state index contributed by atoms with van der Waals surface area (Å²) < 4.78 is 0. The van der Waals surface area contributed by atoms with Crippen LogP contribution in [0.25, 0.3) is 0 Å². The Morgan fingerprint density at radius 3 is 1.15 bits per heavy atom. The van der Waals surface area contributed by atoms with Crippen molar-refractivity contribution in [3.8, 4) is 71.0 Å². The van der Waals surface area contributed by atoms with E-state index < -0.39 is 47.9 Å². The standard InChI is InChI=1S/C23H22ClN3O3.C21H19N3O4.C17H11NO2.C7H16N2O2/c1-4-30-27-23(29)21(16(2)3)26-22(28)19-12-9-17(10-13-19)7-5-6-8-18-11-14-20(24)25-15-18;1-14(25)19(21(27)24-28)23-20(26)17-10-6-15(7-11-17)4-2-3-5-16-8-12-18(22)13-9-16;18-16-11-7-14(8-12-16)4-2-1-3-13-5-9-15(10-6-13)17(19)20;1-4-11-9-7(10)6(8)5(2)3/h9-16,21H,4H2,1-3H3,(H,26,28)(H,27,29);6-14,19,25,28H,22H2,1H3,(H,23,26)(H,24,27);5-12H,18H2,(H,19,20);5-6H,4,8H2,1-3H3,(H,9,10)/t;14-,19?;;/m.1../s1. The van der Waals surface area contributed by atoms with E-state index in [2.05, 4.69) is 102 Å². The molecule has 89 heavy (non-hydrogen) atoms. The number of carbonyl (C=O) groups excluding carboxylic acids is 5. The minimum absolute atomic E-state index is 0.103. The molecule has 0 aliphatic carbocycles. The number of pyridine rings is 1. The van der Waals surface area contributed by atoms with E-state index in [1.54, 1.807) is 117 Å². The number of benzene rings is 5. The van der Waals surface area contributed by atoms with Crippen LogP contribution < -0.4 is 44.3 Å². The predicted octanol–water partition coefficient (Wildman–Crippen LogP) is 6.02. The number of aromatic nitrogens is 1. The fraction of sp³-hybridized carbons (Fsp3) is 0.221. The van der Waals surface area contributed by atoms with Crippen LogP contribution in [0.5, 0.6) is 0 Å². The Morgan fingerprint density at radius 2 is 0.831 bits per heavy atom. The second-order valence-electron chi connectivity index (χ2n) is 19.1. The van der Waals surface area contributed by atoms with Crippen LogP contribution in [-0.2, 0) is 24.1 Å². The highest BCUT2D eigenvalue weighted by atomic mass is 35.5. The molecule has 20 nitrogen and oxygen atoms in total. The van der Waals surface area contributed by atoms with E-state index in [0.29, 0.717) is 52.0 Å². The summed E-state index contributed by atoms with van der Waals surface area (Å²) in [6.07, 6.45) is 0.393. The molecule has 0 aliphatic rings. The maximum absolute atomic E-state index is 12.5.